The molecule has 3 amide bonds. The van der Waals surface area contributed by atoms with Crippen LogP contribution >= 0.6 is 0 Å². The third-order valence-electron chi connectivity index (χ3n) is 5.57. The molecule has 0 N–H and O–H groups in total. The highest BCUT2D eigenvalue weighted by Crippen LogP contribution is 2.27. The SMILES string of the molecule is CCCCN1C(=O)c2ccc(C(=O)N(CC)C3CCCCC3)cc2C1=O. The molecule has 0 atom stereocenters. The summed E-state index contributed by atoms with van der Waals surface area (Å²) >= 11 is 0. The van der Waals surface area contributed by atoms with Crippen LogP contribution in [0.25, 0.3) is 0 Å². The minimum Gasteiger partial charge on any atom is -0.336 e. The van der Waals surface area contributed by atoms with Gasteiger partial charge in [0.05, 0.1) is 11.1 Å². The molecule has 0 unspecified atom stereocenters. The summed E-state index contributed by atoms with van der Waals surface area (Å²) in [5, 5.41) is 0. The number of rotatable bonds is 6. The number of unbranched alkanes of at least 4 members (excludes halogenated alkanes) is 1. The Labute approximate surface area is 155 Å². The minimum atomic E-state index is -0.270. The summed E-state index contributed by atoms with van der Waals surface area (Å²) in [5.74, 6) is -0.541. The Morgan fingerprint density at radius 3 is 2.42 bits per heavy atom. The normalized spacial score (nSPS) is 17.5. The van der Waals surface area contributed by atoms with Crippen LogP contribution in [0.5, 0.6) is 0 Å². The van der Waals surface area contributed by atoms with Gasteiger partial charge in [-0.15, -0.1) is 0 Å². The summed E-state index contributed by atoms with van der Waals surface area (Å²) in [6.07, 6.45) is 7.38. The molecule has 5 heteroatoms. The molecule has 26 heavy (non-hydrogen) atoms. The highest BCUT2D eigenvalue weighted by atomic mass is 16.2. The van der Waals surface area contributed by atoms with Crippen molar-refractivity contribution in [3.63, 3.8) is 0 Å². The monoisotopic (exact) mass is 356 g/mol. The molecule has 1 fully saturated rings. The number of carbonyl (C=O) groups excluding carboxylic acids is 3. The third-order valence-corrected chi connectivity index (χ3v) is 5.57. The lowest BCUT2D eigenvalue weighted by Gasteiger charge is -2.33. The van der Waals surface area contributed by atoms with Crippen molar-refractivity contribution in [2.45, 2.75) is 64.8 Å². The quantitative estimate of drug-likeness (QED) is 0.727. The molecule has 0 spiro atoms. The summed E-state index contributed by atoms with van der Waals surface area (Å²) in [4.78, 5) is 41.3. The van der Waals surface area contributed by atoms with Crippen molar-refractivity contribution in [3.05, 3.63) is 34.9 Å². The van der Waals surface area contributed by atoms with Crippen molar-refractivity contribution in [2.75, 3.05) is 13.1 Å². The highest BCUT2D eigenvalue weighted by molar-refractivity contribution is 6.22. The van der Waals surface area contributed by atoms with Gasteiger partial charge in [-0.1, -0.05) is 32.6 Å². The number of fused-ring (bicyclic) bond motifs is 1. The van der Waals surface area contributed by atoms with Crippen LogP contribution in [0.1, 0.15) is 89.9 Å². The molecule has 0 aromatic heterocycles. The van der Waals surface area contributed by atoms with Gasteiger partial charge in [0.15, 0.2) is 0 Å². The van der Waals surface area contributed by atoms with Crippen LogP contribution in [0.2, 0.25) is 0 Å². The number of carbonyl (C=O) groups is 3. The zero-order chi connectivity index (χ0) is 18.7. The summed E-state index contributed by atoms with van der Waals surface area (Å²) in [5.41, 5.74) is 1.30. The van der Waals surface area contributed by atoms with Gasteiger partial charge in [-0.2, -0.15) is 0 Å². The number of nitrogens with zero attached hydrogens (tertiary/aromatic N) is 2. The average Bonchev–Trinajstić information content (AvgIpc) is 2.91. The Morgan fingerprint density at radius 2 is 1.77 bits per heavy atom. The first-order valence-electron chi connectivity index (χ1n) is 9.89. The number of imide groups is 1. The number of benzene rings is 1. The highest BCUT2D eigenvalue weighted by Gasteiger charge is 2.36. The maximum atomic E-state index is 13.0. The van der Waals surface area contributed by atoms with Gasteiger partial charge in [-0.25, -0.2) is 0 Å². The Morgan fingerprint density at radius 1 is 1.08 bits per heavy atom. The molecule has 1 aliphatic carbocycles. The van der Waals surface area contributed by atoms with E-state index in [1.165, 1.54) is 11.3 Å². The van der Waals surface area contributed by atoms with E-state index in [0.29, 0.717) is 29.8 Å². The van der Waals surface area contributed by atoms with Crippen LogP contribution in [0.4, 0.5) is 0 Å². The second-order valence-electron chi connectivity index (χ2n) is 7.26. The molecule has 0 bridgehead atoms. The number of hydrogen-bond acceptors (Lipinski definition) is 3. The molecule has 1 saturated carbocycles. The lowest BCUT2D eigenvalue weighted by molar-refractivity contribution is 0.0642. The third kappa shape index (κ3) is 3.39. The lowest BCUT2D eigenvalue weighted by Crippen LogP contribution is -2.41. The maximum Gasteiger partial charge on any atom is 0.261 e. The fraction of sp³-hybridized carbons (Fsp3) is 0.571. The fourth-order valence-electron chi connectivity index (χ4n) is 4.07. The standard InChI is InChI=1S/C21H28N2O3/c1-3-5-13-23-20(25)17-12-11-15(14-18(17)21(23)26)19(24)22(4-2)16-9-7-6-8-10-16/h11-12,14,16H,3-10,13H2,1-2H3. The van der Waals surface area contributed by atoms with E-state index in [9.17, 15) is 14.4 Å². The smallest absolute Gasteiger partial charge is 0.261 e. The van der Waals surface area contributed by atoms with E-state index >= 15 is 0 Å². The van der Waals surface area contributed by atoms with Gasteiger partial charge in [0.25, 0.3) is 17.7 Å². The van der Waals surface area contributed by atoms with Crippen molar-refractivity contribution in [2.24, 2.45) is 0 Å². The molecule has 1 aliphatic heterocycles. The summed E-state index contributed by atoms with van der Waals surface area (Å²) in [6, 6.07) is 5.24. The summed E-state index contributed by atoms with van der Waals surface area (Å²) < 4.78 is 0. The van der Waals surface area contributed by atoms with Crippen LogP contribution < -0.4 is 0 Å². The van der Waals surface area contributed by atoms with Gasteiger partial charge in [0.2, 0.25) is 0 Å². The minimum absolute atomic E-state index is 0.0329. The number of hydrogen-bond donors (Lipinski definition) is 0. The molecule has 1 aromatic rings. The van der Waals surface area contributed by atoms with Crippen LogP contribution in [-0.2, 0) is 0 Å². The van der Waals surface area contributed by atoms with Gasteiger partial charge in [0, 0.05) is 24.7 Å². The van der Waals surface area contributed by atoms with Crippen LogP contribution in [0, 0.1) is 0 Å². The Hall–Kier alpha value is -2.17. The van der Waals surface area contributed by atoms with E-state index in [2.05, 4.69) is 0 Å². The van der Waals surface area contributed by atoms with Crippen LogP contribution in [0.15, 0.2) is 18.2 Å². The van der Waals surface area contributed by atoms with Crippen molar-refractivity contribution in [1.29, 1.82) is 0 Å². The molecule has 0 saturated heterocycles. The van der Waals surface area contributed by atoms with Gasteiger partial charge in [-0.3, -0.25) is 19.3 Å². The second kappa shape index (κ2) is 8.02. The first-order chi connectivity index (χ1) is 12.6. The molecular weight excluding hydrogens is 328 g/mol. The Kier molecular flexibility index (Phi) is 5.74. The molecule has 5 nitrogen and oxygen atoms in total. The Balaban J connectivity index is 1.83. The van der Waals surface area contributed by atoms with E-state index in [4.69, 9.17) is 0 Å². The van der Waals surface area contributed by atoms with Crippen molar-refractivity contribution in [1.82, 2.24) is 9.80 Å². The molecule has 0 radical (unpaired) electrons. The van der Waals surface area contributed by atoms with Crippen LogP contribution in [-0.4, -0.2) is 46.7 Å². The van der Waals surface area contributed by atoms with E-state index in [0.717, 1.165) is 38.5 Å². The van der Waals surface area contributed by atoms with E-state index in [1.54, 1.807) is 18.2 Å². The molecule has 2 aliphatic rings. The molecule has 3 rings (SSSR count). The first-order valence-corrected chi connectivity index (χ1v) is 9.89. The maximum absolute atomic E-state index is 13.0. The first kappa shape index (κ1) is 18.6. The van der Waals surface area contributed by atoms with Gasteiger partial charge in [0.1, 0.15) is 0 Å². The Bertz CT molecular complexity index is 707. The number of amides is 3. The second-order valence-corrected chi connectivity index (χ2v) is 7.26. The van der Waals surface area contributed by atoms with Crippen molar-refractivity contribution >= 4 is 17.7 Å². The fourth-order valence-corrected chi connectivity index (χ4v) is 4.07. The van der Waals surface area contributed by atoms with E-state index in [1.807, 2.05) is 18.7 Å². The lowest BCUT2D eigenvalue weighted by atomic mass is 9.93. The molecule has 140 valence electrons. The molecular formula is C21H28N2O3. The predicted octanol–water partition coefficient (Wildman–Crippen LogP) is 3.88. The molecule has 1 aromatic carbocycles. The largest absolute Gasteiger partial charge is 0.336 e. The van der Waals surface area contributed by atoms with E-state index < -0.39 is 0 Å². The van der Waals surface area contributed by atoms with E-state index in [-0.39, 0.29) is 23.8 Å². The van der Waals surface area contributed by atoms with Crippen molar-refractivity contribution < 1.29 is 14.4 Å². The van der Waals surface area contributed by atoms with Gasteiger partial charge >= 0.3 is 0 Å². The predicted molar refractivity (Wildman–Crippen MR) is 100 cm³/mol. The summed E-state index contributed by atoms with van der Waals surface area (Å²) in [7, 11) is 0. The van der Waals surface area contributed by atoms with Gasteiger partial charge < -0.3 is 4.90 Å². The van der Waals surface area contributed by atoms with Gasteiger partial charge in [-0.05, 0) is 44.4 Å². The summed E-state index contributed by atoms with van der Waals surface area (Å²) in [6.45, 7) is 5.13. The zero-order valence-electron chi connectivity index (χ0n) is 15.8. The van der Waals surface area contributed by atoms with Crippen molar-refractivity contribution in [3.8, 4) is 0 Å². The topological polar surface area (TPSA) is 57.7 Å². The molecule has 1 heterocycles. The van der Waals surface area contributed by atoms with Crippen LogP contribution in [0.3, 0.4) is 0 Å². The zero-order valence-corrected chi connectivity index (χ0v) is 15.8. The average molecular weight is 356 g/mol.